The summed E-state index contributed by atoms with van der Waals surface area (Å²) in [6.45, 7) is 0.609. The summed E-state index contributed by atoms with van der Waals surface area (Å²) >= 11 is 6.02. The highest BCUT2D eigenvalue weighted by molar-refractivity contribution is 6.30. The summed E-state index contributed by atoms with van der Waals surface area (Å²) in [7, 11) is 0. The molecule has 0 bridgehead atoms. The average Bonchev–Trinajstić information content (AvgIpc) is 2.74. The first-order valence-electron chi connectivity index (χ1n) is 8.46. The molecule has 1 aromatic carbocycles. The van der Waals surface area contributed by atoms with Crippen LogP contribution in [-0.4, -0.2) is 19.9 Å². The minimum Gasteiger partial charge on any atom is -0.365 e. The van der Waals surface area contributed by atoms with E-state index in [2.05, 4.69) is 20.3 Å². The van der Waals surface area contributed by atoms with Crippen LogP contribution in [0.4, 0.5) is 5.82 Å². The lowest BCUT2D eigenvalue weighted by molar-refractivity contribution is 1.07. The van der Waals surface area contributed by atoms with Gasteiger partial charge in [-0.1, -0.05) is 29.8 Å². The van der Waals surface area contributed by atoms with Gasteiger partial charge in [0.2, 0.25) is 0 Å². The minimum absolute atomic E-state index is 0.609. The molecule has 1 N–H and O–H groups in total. The lowest BCUT2D eigenvalue weighted by Gasteiger charge is -2.13. The monoisotopic (exact) mass is 373 g/mol. The summed E-state index contributed by atoms with van der Waals surface area (Å²) in [5, 5.41) is 4.10. The fourth-order valence-electron chi connectivity index (χ4n) is 2.68. The molecule has 0 radical (unpaired) electrons. The van der Waals surface area contributed by atoms with E-state index in [1.54, 1.807) is 18.6 Å². The number of benzene rings is 1. The number of anilines is 1. The van der Waals surface area contributed by atoms with Crippen molar-refractivity contribution in [1.82, 2.24) is 19.9 Å². The molecule has 0 fully saturated rings. The van der Waals surface area contributed by atoms with E-state index in [0.717, 1.165) is 28.1 Å². The maximum atomic E-state index is 6.02. The predicted octanol–water partition coefficient (Wildman–Crippen LogP) is 4.87. The Hall–Kier alpha value is -3.31. The summed E-state index contributed by atoms with van der Waals surface area (Å²) in [5.74, 6) is 1.37. The van der Waals surface area contributed by atoms with Gasteiger partial charge < -0.3 is 5.32 Å². The lowest BCUT2D eigenvalue weighted by Crippen LogP contribution is -2.05. The lowest BCUT2D eigenvalue weighted by atomic mass is 10.1. The number of halogens is 1. The molecular weight excluding hydrogens is 358 g/mol. The molecule has 3 aromatic heterocycles. The number of pyridine rings is 2. The summed E-state index contributed by atoms with van der Waals surface area (Å²) in [6, 6.07) is 15.4. The molecule has 4 aromatic rings. The van der Waals surface area contributed by atoms with Crippen molar-refractivity contribution in [3.05, 3.63) is 90.1 Å². The molecule has 0 aliphatic carbocycles. The van der Waals surface area contributed by atoms with Gasteiger partial charge in [0.15, 0.2) is 5.82 Å². The number of nitrogens with one attached hydrogen (secondary N) is 1. The van der Waals surface area contributed by atoms with Gasteiger partial charge in [0, 0.05) is 53.7 Å². The smallest absolute Gasteiger partial charge is 0.163 e. The Kier molecular flexibility index (Phi) is 5.03. The van der Waals surface area contributed by atoms with Gasteiger partial charge in [0.1, 0.15) is 5.82 Å². The average molecular weight is 374 g/mol. The quantitative estimate of drug-likeness (QED) is 0.541. The number of rotatable bonds is 5. The molecule has 0 saturated heterocycles. The van der Waals surface area contributed by atoms with Crippen LogP contribution in [0.25, 0.3) is 22.5 Å². The molecule has 0 spiro atoms. The molecule has 27 heavy (non-hydrogen) atoms. The second-order valence-electron chi connectivity index (χ2n) is 5.92. The zero-order valence-electron chi connectivity index (χ0n) is 14.4. The van der Waals surface area contributed by atoms with Crippen LogP contribution in [0.1, 0.15) is 5.56 Å². The molecule has 0 aliphatic heterocycles. The van der Waals surface area contributed by atoms with Crippen LogP contribution in [0.15, 0.2) is 79.5 Å². The summed E-state index contributed by atoms with van der Waals surface area (Å²) in [4.78, 5) is 17.6. The van der Waals surface area contributed by atoms with Crippen molar-refractivity contribution < 1.29 is 0 Å². The molecule has 3 heterocycles. The predicted molar refractivity (Wildman–Crippen MR) is 107 cm³/mol. The molecule has 0 atom stereocenters. The van der Waals surface area contributed by atoms with Crippen LogP contribution in [-0.2, 0) is 6.54 Å². The molecular formula is C21H16ClN5. The van der Waals surface area contributed by atoms with Crippen molar-refractivity contribution >= 4 is 17.4 Å². The first-order valence-corrected chi connectivity index (χ1v) is 8.83. The van der Waals surface area contributed by atoms with Gasteiger partial charge in [0.05, 0.1) is 0 Å². The fourth-order valence-corrected chi connectivity index (χ4v) is 2.81. The molecule has 6 heteroatoms. The molecule has 0 amide bonds. The van der Waals surface area contributed by atoms with Gasteiger partial charge in [-0.15, -0.1) is 0 Å². The Bertz CT molecular complexity index is 1020. The topological polar surface area (TPSA) is 63.6 Å². The van der Waals surface area contributed by atoms with Crippen molar-refractivity contribution in [2.45, 2.75) is 6.54 Å². The molecule has 0 saturated carbocycles. The minimum atomic E-state index is 0.609. The van der Waals surface area contributed by atoms with Crippen molar-refractivity contribution in [2.75, 3.05) is 5.32 Å². The van der Waals surface area contributed by atoms with E-state index >= 15 is 0 Å². The van der Waals surface area contributed by atoms with Crippen molar-refractivity contribution in [3.63, 3.8) is 0 Å². The van der Waals surface area contributed by atoms with Crippen LogP contribution in [0.5, 0.6) is 0 Å². The second-order valence-corrected chi connectivity index (χ2v) is 6.36. The summed E-state index contributed by atoms with van der Waals surface area (Å²) < 4.78 is 0. The van der Waals surface area contributed by atoms with Gasteiger partial charge in [-0.05, 0) is 41.5 Å². The van der Waals surface area contributed by atoms with E-state index in [-0.39, 0.29) is 0 Å². The third-order valence-corrected chi connectivity index (χ3v) is 4.30. The van der Waals surface area contributed by atoms with Gasteiger partial charge in [-0.25, -0.2) is 9.97 Å². The Morgan fingerprint density at radius 3 is 2.30 bits per heavy atom. The van der Waals surface area contributed by atoms with Crippen LogP contribution in [0.3, 0.4) is 0 Å². The molecule has 0 aliphatic rings. The highest BCUT2D eigenvalue weighted by Crippen LogP contribution is 2.29. The first-order chi connectivity index (χ1) is 13.3. The van der Waals surface area contributed by atoms with E-state index in [1.165, 1.54) is 0 Å². The third kappa shape index (κ3) is 4.10. The van der Waals surface area contributed by atoms with Crippen LogP contribution in [0, 0.1) is 0 Å². The van der Waals surface area contributed by atoms with Crippen LogP contribution < -0.4 is 5.32 Å². The Labute approximate surface area is 162 Å². The van der Waals surface area contributed by atoms with Gasteiger partial charge in [-0.3, -0.25) is 9.97 Å². The van der Waals surface area contributed by atoms with E-state index in [4.69, 9.17) is 16.6 Å². The summed E-state index contributed by atoms with van der Waals surface area (Å²) in [6.07, 6.45) is 8.89. The fraction of sp³-hybridized carbons (Fsp3) is 0.0476. The van der Waals surface area contributed by atoms with E-state index in [1.807, 2.05) is 60.9 Å². The number of hydrogen-bond donors (Lipinski definition) is 1. The number of nitrogens with zero attached hydrogens (tertiary/aromatic N) is 4. The Morgan fingerprint density at radius 1 is 0.815 bits per heavy atom. The molecule has 4 rings (SSSR count). The Balaban J connectivity index is 1.72. The standard InChI is InChI=1S/C21H16ClN5/c22-18-7-5-16(6-8-18)19-14-26-20(17-4-2-10-24-13-17)27-21(19)25-12-15-3-1-9-23-11-15/h1-11,13-14H,12H2,(H,25,26,27). The number of aromatic nitrogens is 4. The zero-order chi connectivity index (χ0) is 18.5. The van der Waals surface area contributed by atoms with Crippen LogP contribution >= 0.6 is 11.6 Å². The zero-order valence-corrected chi connectivity index (χ0v) is 15.1. The summed E-state index contributed by atoms with van der Waals surface area (Å²) in [5.41, 5.74) is 3.83. The van der Waals surface area contributed by atoms with Crippen LogP contribution in [0.2, 0.25) is 5.02 Å². The second kappa shape index (κ2) is 7.93. The van der Waals surface area contributed by atoms with E-state index in [0.29, 0.717) is 17.4 Å². The highest BCUT2D eigenvalue weighted by atomic mass is 35.5. The van der Waals surface area contributed by atoms with E-state index in [9.17, 15) is 0 Å². The molecule has 5 nitrogen and oxygen atoms in total. The number of hydrogen-bond acceptors (Lipinski definition) is 5. The maximum Gasteiger partial charge on any atom is 0.163 e. The molecule has 132 valence electrons. The highest BCUT2D eigenvalue weighted by Gasteiger charge is 2.11. The van der Waals surface area contributed by atoms with Crippen molar-refractivity contribution in [3.8, 4) is 22.5 Å². The van der Waals surface area contributed by atoms with Gasteiger partial charge in [-0.2, -0.15) is 0 Å². The largest absolute Gasteiger partial charge is 0.365 e. The van der Waals surface area contributed by atoms with Gasteiger partial charge >= 0.3 is 0 Å². The van der Waals surface area contributed by atoms with E-state index < -0.39 is 0 Å². The first kappa shape index (κ1) is 17.1. The maximum absolute atomic E-state index is 6.02. The molecule has 0 unspecified atom stereocenters. The van der Waals surface area contributed by atoms with Crippen molar-refractivity contribution in [2.24, 2.45) is 0 Å². The normalized spacial score (nSPS) is 10.6. The Morgan fingerprint density at radius 2 is 1.59 bits per heavy atom. The van der Waals surface area contributed by atoms with Gasteiger partial charge in [0.25, 0.3) is 0 Å². The third-order valence-electron chi connectivity index (χ3n) is 4.05. The van der Waals surface area contributed by atoms with Crippen molar-refractivity contribution in [1.29, 1.82) is 0 Å². The SMILES string of the molecule is Clc1ccc(-c2cnc(-c3cccnc3)nc2NCc2cccnc2)cc1.